The molecule has 0 radical (unpaired) electrons. The fourth-order valence-electron chi connectivity index (χ4n) is 0.946. The highest BCUT2D eigenvalue weighted by molar-refractivity contribution is 5.96. The van der Waals surface area contributed by atoms with Crippen molar-refractivity contribution in [2.75, 3.05) is 6.61 Å². The Morgan fingerprint density at radius 1 is 1.67 bits per heavy atom. The Bertz CT molecular complexity index is 276. The van der Waals surface area contributed by atoms with E-state index >= 15 is 0 Å². The zero-order valence-corrected chi connectivity index (χ0v) is 7.63. The Morgan fingerprint density at radius 2 is 2.42 bits per heavy atom. The summed E-state index contributed by atoms with van der Waals surface area (Å²) in [5, 5.41) is 3.87. The quantitative estimate of drug-likeness (QED) is 0.511. The van der Waals surface area contributed by atoms with Gasteiger partial charge < -0.3 is 9.25 Å². The highest BCUT2D eigenvalue weighted by Crippen LogP contribution is 2.09. The molecule has 0 fully saturated rings. The van der Waals surface area contributed by atoms with Crippen LogP contribution in [0.5, 0.6) is 0 Å². The van der Waals surface area contributed by atoms with Crippen molar-refractivity contribution in [2.45, 2.75) is 20.8 Å². The van der Waals surface area contributed by atoms with Crippen LogP contribution in [0.15, 0.2) is 21.9 Å². The number of hydrogen-bond acceptors (Lipinski definition) is 3. The average molecular weight is 167 g/mol. The average Bonchev–Trinajstić information content (AvgIpc) is 2.47. The summed E-state index contributed by atoms with van der Waals surface area (Å²) >= 11 is 0. The summed E-state index contributed by atoms with van der Waals surface area (Å²) in [7, 11) is 0. The molecule has 3 heteroatoms. The molecule has 0 aliphatic rings. The molecule has 12 heavy (non-hydrogen) atoms. The van der Waals surface area contributed by atoms with Crippen LogP contribution < -0.4 is 0 Å². The number of hydrogen-bond donors (Lipinski definition) is 0. The lowest BCUT2D eigenvalue weighted by Gasteiger charge is -1.97. The van der Waals surface area contributed by atoms with E-state index < -0.39 is 0 Å². The van der Waals surface area contributed by atoms with Gasteiger partial charge in [-0.2, -0.15) is 0 Å². The Labute approximate surface area is 72.0 Å². The van der Waals surface area contributed by atoms with Crippen LogP contribution in [-0.2, 0) is 4.84 Å². The highest BCUT2D eigenvalue weighted by atomic mass is 16.6. The molecule has 0 amide bonds. The summed E-state index contributed by atoms with van der Waals surface area (Å²) < 4.78 is 5.21. The van der Waals surface area contributed by atoms with Crippen molar-refractivity contribution in [3.05, 3.63) is 23.7 Å². The first-order valence-corrected chi connectivity index (χ1v) is 3.96. The molecule has 0 unspecified atom stereocenters. The van der Waals surface area contributed by atoms with E-state index in [9.17, 15) is 0 Å². The third-order valence-electron chi connectivity index (χ3n) is 1.52. The van der Waals surface area contributed by atoms with E-state index in [0.717, 1.165) is 17.0 Å². The van der Waals surface area contributed by atoms with E-state index in [1.165, 1.54) is 0 Å². The van der Waals surface area contributed by atoms with Crippen LogP contribution in [0, 0.1) is 6.92 Å². The summed E-state index contributed by atoms with van der Waals surface area (Å²) in [5.74, 6) is 0.795. The molecule has 0 aliphatic heterocycles. The lowest BCUT2D eigenvalue weighted by molar-refractivity contribution is 0.158. The molecule has 1 rings (SSSR count). The van der Waals surface area contributed by atoms with Gasteiger partial charge in [-0.3, -0.25) is 0 Å². The van der Waals surface area contributed by atoms with Crippen LogP contribution in [-0.4, -0.2) is 12.3 Å². The van der Waals surface area contributed by atoms with Gasteiger partial charge in [-0.1, -0.05) is 5.16 Å². The molecule has 0 atom stereocenters. The van der Waals surface area contributed by atoms with E-state index in [0.29, 0.717) is 6.61 Å². The Balaban J connectivity index is 2.77. The van der Waals surface area contributed by atoms with Crippen molar-refractivity contribution in [1.29, 1.82) is 0 Å². The fraction of sp³-hybridized carbons (Fsp3) is 0.444. The molecular weight excluding hydrogens is 154 g/mol. The van der Waals surface area contributed by atoms with E-state index in [2.05, 4.69) is 5.16 Å². The molecule has 0 N–H and O–H groups in total. The van der Waals surface area contributed by atoms with E-state index in [-0.39, 0.29) is 0 Å². The Kier molecular flexibility index (Phi) is 2.91. The number of furan rings is 1. The van der Waals surface area contributed by atoms with Gasteiger partial charge in [0.25, 0.3) is 0 Å². The third kappa shape index (κ3) is 1.87. The summed E-state index contributed by atoms with van der Waals surface area (Å²) in [6.07, 6.45) is 1.65. The van der Waals surface area contributed by atoms with Crippen LogP contribution in [0.25, 0.3) is 0 Å². The molecule has 0 saturated carbocycles. The Morgan fingerprint density at radius 3 is 2.92 bits per heavy atom. The molecule has 0 aliphatic carbocycles. The number of rotatable bonds is 3. The second-order valence-corrected chi connectivity index (χ2v) is 2.53. The van der Waals surface area contributed by atoms with Gasteiger partial charge in [-0.25, -0.2) is 0 Å². The van der Waals surface area contributed by atoms with Crippen LogP contribution in [0.4, 0.5) is 0 Å². The minimum atomic E-state index is 0.580. The van der Waals surface area contributed by atoms with Crippen molar-refractivity contribution in [2.24, 2.45) is 5.16 Å². The fourth-order valence-corrected chi connectivity index (χ4v) is 0.946. The summed E-state index contributed by atoms with van der Waals surface area (Å²) in [5.41, 5.74) is 1.86. The van der Waals surface area contributed by atoms with Crippen LogP contribution in [0.3, 0.4) is 0 Å². The van der Waals surface area contributed by atoms with Crippen LogP contribution in [0.2, 0.25) is 0 Å². The topological polar surface area (TPSA) is 34.7 Å². The Hall–Kier alpha value is -1.25. The van der Waals surface area contributed by atoms with Crippen molar-refractivity contribution in [3.63, 3.8) is 0 Å². The molecule has 0 bridgehead atoms. The molecule has 0 aromatic carbocycles. The minimum absolute atomic E-state index is 0.580. The third-order valence-corrected chi connectivity index (χ3v) is 1.52. The number of aryl methyl sites for hydroxylation is 1. The second kappa shape index (κ2) is 3.95. The van der Waals surface area contributed by atoms with Crippen LogP contribution in [0.1, 0.15) is 25.2 Å². The zero-order chi connectivity index (χ0) is 8.97. The van der Waals surface area contributed by atoms with Crippen molar-refractivity contribution in [3.8, 4) is 0 Å². The van der Waals surface area contributed by atoms with E-state index in [4.69, 9.17) is 9.25 Å². The summed E-state index contributed by atoms with van der Waals surface area (Å²) in [4.78, 5) is 4.90. The summed E-state index contributed by atoms with van der Waals surface area (Å²) in [6, 6.07) is 1.90. The van der Waals surface area contributed by atoms with Gasteiger partial charge in [0, 0.05) is 0 Å². The van der Waals surface area contributed by atoms with Crippen molar-refractivity contribution in [1.82, 2.24) is 0 Å². The zero-order valence-electron chi connectivity index (χ0n) is 7.63. The maximum absolute atomic E-state index is 5.21. The molecule has 1 aromatic rings. The van der Waals surface area contributed by atoms with Gasteiger partial charge in [0.15, 0.2) is 5.76 Å². The number of nitrogens with zero attached hydrogens (tertiary/aromatic N) is 1. The van der Waals surface area contributed by atoms with E-state index in [1.807, 2.05) is 26.8 Å². The smallest absolute Gasteiger partial charge is 0.154 e. The van der Waals surface area contributed by atoms with Crippen molar-refractivity contribution < 1.29 is 9.25 Å². The highest BCUT2D eigenvalue weighted by Gasteiger charge is 2.05. The largest absolute Gasteiger partial charge is 0.463 e. The van der Waals surface area contributed by atoms with Gasteiger partial charge in [0.05, 0.1) is 6.26 Å². The van der Waals surface area contributed by atoms with Gasteiger partial charge in [-0.15, -0.1) is 0 Å². The molecular formula is C9H13NO2. The second-order valence-electron chi connectivity index (χ2n) is 2.53. The normalized spacial score (nSPS) is 11.8. The molecule has 3 nitrogen and oxygen atoms in total. The molecule has 1 heterocycles. The van der Waals surface area contributed by atoms with Gasteiger partial charge in [0.1, 0.15) is 12.3 Å². The molecule has 0 saturated heterocycles. The van der Waals surface area contributed by atoms with Gasteiger partial charge >= 0.3 is 0 Å². The van der Waals surface area contributed by atoms with E-state index in [1.54, 1.807) is 6.26 Å². The predicted octanol–water partition coefficient (Wildman–Crippen LogP) is 2.35. The van der Waals surface area contributed by atoms with Gasteiger partial charge in [-0.05, 0) is 32.4 Å². The monoisotopic (exact) mass is 167 g/mol. The molecule has 1 aromatic heterocycles. The standard InChI is InChI=1S/C9H13NO2/c1-4-12-10-8(3)9-7(2)5-6-11-9/h5-6H,4H2,1-3H3/b10-8-. The predicted molar refractivity (Wildman–Crippen MR) is 47.3 cm³/mol. The molecule has 0 spiro atoms. The SMILES string of the molecule is CCO/N=C(/C)c1occc1C. The molecule has 66 valence electrons. The maximum atomic E-state index is 5.21. The van der Waals surface area contributed by atoms with Crippen molar-refractivity contribution >= 4 is 5.71 Å². The maximum Gasteiger partial charge on any atom is 0.154 e. The lowest BCUT2D eigenvalue weighted by atomic mass is 10.2. The van der Waals surface area contributed by atoms with Crippen LogP contribution >= 0.6 is 0 Å². The first-order valence-electron chi connectivity index (χ1n) is 3.96. The first kappa shape index (κ1) is 8.84. The lowest BCUT2D eigenvalue weighted by Crippen LogP contribution is -1.96. The number of oxime groups is 1. The first-order chi connectivity index (χ1) is 5.75. The van der Waals surface area contributed by atoms with Gasteiger partial charge in [0.2, 0.25) is 0 Å². The summed E-state index contributed by atoms with van der Waals surface area (Å²) in [6.45, 7) is 6.31. The minimum Gasteiger partial charge on any atom is -0.463 e.